The molecule has 0 aliphatic carbocycles. The van der Waals surface area contributed by atoms with Gasteiger partial charge in [0.2, 0.25) is 0 Å². The zero-order valence-corrected chi connectivity index (χ0v) is 18.3. The predicted molar refractivity (Wildman–Crippen MR) is 120 cm³/mol. The number of para-hydroxylation sites is 1. The standard InChI is InChI=1S/C25H36N2O/c1-7-25(8-2,20-13-10-9-11-14-20)17-26-24(28)27-23-21(18(3)4)15-12-16-22(23)19(5)6/h9-16,18-19H,7-8,17H2,1-6H3,(H2,26,27,28). The van der Waals surface area contributed by atoms with Gasteiger partial charge in [0.25, 0.3) is 0 Å². The Balaban J connectivity index is 2.20. The summed E-state index contributed by atoms with van der Waals surface area (Å²) in [5, 5.41) is 6.32. The second-order valence-corrected chi connectivity index (χ2v) is 8.28. The average Bonchev–Trinajstić information content (AvgIpc) is 2.69. The van der Waals surface area contributed by atoms with Crippen LogP contribution in [0.3, 0.4) is 0 Å². The Kier molecular flexibility index (Phi) is 7.68. The van der Waals surface area contributed by atoms with Crippen LogP contribution >= 0.6 is 0 Å². The molecule has 0 aliphatic rings. The van der Waals surface area contributed by atoms with E-state index in [1.54, 1.807) is 0 Å². The lowest BCUT2D eigenvalue weighted by molar-refractivity contribution is 0.247. The second kappa shape index (κ2) is 9.77. The van der Waals surface area contributed by atoms with E-state index in [2.05, 4.69) is 94.6 Å². The molecule has 2 aromatic rings. The fraction of sp³-hybridized carbons (Fsp3) is 0.480. The van der Waals surface area contributed by atoms with Crippen LogP contribution in [0.5, 0.6) is 0 Å². The van der Waals surface area contributed by atoms with E-state index in [9.17, 15) is 4.79 Å². The number of urea groups is 1. The van der Waals surface area contributed by atoms with Crippen molar-refractivity contribution < 1.29 is 4.79 Å². The van der Waals surface area contributed by atoms with Crippen LogP contribution in [0.25, 0.3) is 0 Å². The molecule has 2 N–H and O–H groups in total. The van der Waals surface area contributed by atoms with E-state index < -0.39 is 0 Å². The summed E-state index contributed by atoms with van der Waals surface area (Å²) in [6, 6.07) is 16.7. The topological polar surface area (TPSA) is 41.1 Å². The van der Waals surface area contributed by atoms with Crippen LogP contribution in [0.15, 0.2) is 48.5 Å². The van der Waals surface area contributed by atoms with Crippen LogP contribution in [0.1, 0.15) is 82.9 Å². The summed E-state index contributed by atoms with van der Waals surface area (Å²) in [7, 11) is 0. The molecule has 3 heteroatoms. The van der Waals surface area contributed by atoms with Crippen molar-refractivity contribution >= 4 is 11.7 Å². The van der Waals surface area contributed by atoms with Crippen molar-refractivity contribution in [1.29, 1.82) is 0 Å². The zero-order chi connectivity index (χ0) is 20.7. The minimum Gasteiger partial charge on any atom is -0.337 e. The van der Waals surface area contributed by atoms with Crippen LogP contribution < -0.4 is 10.6 Å². The van der Waals surface area contributed by atoms with E-state index in [4.69, 9.17) is 0 Å². The highest BCUT2D eigenvalue weighted by Gasteiger charge is 2.29. The second-order valence-electron chi connectivity index (χ2n) is 8.28. The first-order valence-electron chi connectivity index (χ1n) is 10.6. The Morgan fingerprint density at radius 3 is 1.86 bits per heavy atom. The number of hydrogen-bond acceptors (Lipinski definition) is 1. The minimum absolute atomic E-state index is 0.0446. The molecule has 0 bridgehead atoms. The summed E-state index contributed by atoms with van der Waals surface area (Å²) >= 11 is 0. The number of anilines is 1. The molecular weight excluding hydrogens is 344 g/mol. The molecule has 0 fully saturated rings. The van der Waals surface area contributed by atoms with Crippen molar-refractivity contribution in [2.24, 2.45) is 0 Å². The van der Waals surface area contributed by atoms with Gasteiger partial charge in [0.1, 0.15) is 0 Å². The number of amides is 2. The molecule has 3 nitrogen and oxygen atoms in total. The van der Waals surface area contributed by atoms with Crippen molar-refractivity contribution in [3.8, 4) is 0 Å². The molecule has 0 saturated carbocycles. The zero-order valence-electron chi connectivity index (χ0n) is 18.3. The predicted octanol–water partition coefficient (Wildman–Crippen LogP) is 6.81. The first kappa shape index (κ1) is 22.0. The van der Waals surface area contributed by atoms with Gasteiger partial charge in [-0.15, -0.1) is 0 Å². The maximum absolute atomic E-state index is 12.8. The minimum atomic E-state index is -0.128. The summed E-state index contributed by atoms with van der Waals surface area (Å²) in [4.78, 5) is 12.8. The van der Waals surface area contributed by atoms with Crippen LogP contribution in [0, 0.1) is 0 Å². The molecule has 0 unspecified atom stereocenters. The fourth-order valence-corrected chi connectivity index (χ4v) is 3.90. The third-order valence-electron chi connectivity index (χ3n) is 5.94. The lowest BCUT2D eigenvalue weighted by Gasteiger charge is -2.33. The summed E-state index contributed by atoms with van der Waals surface area (Å²) in [5.74, 6) is 0.701. The number of rotatable bonds is 8. The van der Waals surface area contributed by atoms with Gasteiger partial charge in [-0.25, -0.2) is 4.79 Å². The van der Waals surface area contributed by atoms with E-state index in [0.717, 1.165) is 18.5 Å². The van der Waals surface area contributed by atoms with Crippen LogP contribution in [-0.4, -0.2) is 12.6 Å². The molecule has 2 amide bonds. The molecule has 0 spiro atoms. The monoisotopic (exact) mass is 380 g/mol. The van der Waals surface area contributed by atoms with Gasteiger partial charge in [-0.3, -0.25) is 0 Å². The highest BCUT2D eigenvalue weighted by atomic mass is 16.2. The Morgan fingerprint density at radius 2 is 1.39 bits per heavy atom. The number of carbonyl (C=O) groups excluding carboxylic acids is 1. The first-order chi connectivity index (χ1) is 13.3. The molecule has 0 aliphatic heterocycles. The van der Waals surface area contributed by atoms with E-state index in [1.807, 2.05) is 6.07 Å². The van der Waals surface area contributed by atoms with Gasteiger partial charge in [0, 0.05) is 17.6 Å². The Morgan fingerprint density at radius 1 is 0.857 bits per heavy atom. The average molecular weight is 381 g/mol. The Hall–Kier alpha value is -2.29. The Bertz CT molecular complexity index is 735. The highest BCUT2D eigenvalue weighted by Crippen LogP contribution is 2.33. The fourth-order valence-electron chi connectivity index (χ4n) is 3.90. The smallest absolute Gasteiger partial charge is 0.319 e. The summed E-state index contributed by atoms with van der Waals surface area (Å²) in [6.07, 6.45) is 1.96. The van der Waals surface area contributed by atoms with Crippen molar-refractivity contribution in [3.63, 3.8) is 0 Å². The van der Waals surface area contributed by atoms with Gasteiger partial charge >= 0.3 is 6.03 Å². The lowest BCUT2D eigenvalue weighted by Crippen LogP contribution is -2.42. The summed E-state index contributed by atoms with van der Waals surface area (Å²) in [6.45, 7) is 13.7. The third-order valence-corrected chi connectivity index (χ3v) is 5.94. The molecule has 2 aromatic carbocycles. The summed E-state index contributed by atoms with van der Waals surface area (Å²) < 4.78 is 0. The van der Waals surface area contributed by atoms with Gasteiger partial charge in [0.05, 0.1) is 0 Å². The molecule has 152 valence electrons. The molecule has 0 saturated heterocycles. The number of carbonyl (C=O) groups is 1. The normalized spacial score (nSPS) is 11.7. The quantitative estimate of drug-likeness (QED) is 0.519. The lowest BCUT2D eigenvalue weighted by atomic mass is 9.76. The van der Waals surface area contributed by atoms with E-state index >= 15 is 0 Å². The van der Waals surface area contributed by atoms with E-state index in [1.165, 1.54) is 16.7 Å². The number of hydrogen-bond donors (Lipinski definition) is 2. The van der Waals surface area contributed by atoms with Crippen molar-refractivity contribution in [1.82, 2.24) is 5.32 Å². The molecule has 0 radical (unpaired) electrons. The molecule has 0 heterocycles. The van der Waals surface area contributed by atoms with E-state index in [-0.39, 0.29) is 11.4 Å². The van der Waals surface area contributed by atoms with Crippen molar-refractivity contribution in [3.05, 3.63) is 65.2 Å². The van der Waals surface area contributed by atoms with Gasteiger partial charge in [0.15, 0.2) is 0 Å². The molecule has 0 aromatic heterocycles. The van der Waals surface area contributed by atoms with Gasteiger partial charge in [-0.1, -0.05) is 90.1 Å². The van der Waals surface area contributed by atoms with Gasteiger partial charge in [-0.05, 0) is 41.4 Å². The molecule has 0 atom stereocenters. The number of nitrogens with one attached hydrogen (secondary N) is 2. The first-order valence-corrected chi connectivity index (χ1v) is 10.6. The largest absolute Gasteiger partial charge is 0.337 e. The Labute approximate surface area is 170 Å². The van der Waals surface area contributed by atoms with Crippen molar-refractivity contribution in [2.75, 3.05) is 11.9 Å². The molecule has 28 heavy (non-hydrogen) atoms. The third kappa shape index (κ3) is 4.95. The molecular formula is C25H36N2O. The van der Waals surface area contributed by atoms with Gasteiger partial charge in [-0.2, -0.15) is 0 Å². The summed E-state index contributed by atoms with van der Waals surface area (Å²) in [5.41, 5.74) is 4.56. The van der Waals surface area contributed by atoms with Crippen molar-refractivity contribution in [2.45, 2.75) is 71.6 Å². The SMILES string of the molecule is CCC(CC)(CNC(=O)Nc1c(C(C)C)cccc1C(C)C)c1ccccc1. The van der Waals surface area contributed by atoms with Gasteiger partial charge < -0.3 is 10.6 Å². The van der Waals surface area contributed by atoms with E-state index in [0.29, 0.717) is 18.4 Å². The maximum atomic E-state index is 12.8. The van der Waals surface area contributed by atoms with Crippen LogP contribution in [-0.2, 0) is 5.41 Å². The van der Waals surface area contributed by atoms with Crippen LogP contribution in [0.4, 0.5) is 10.5 Å². The maximum Gasteiger partial charge on any atom is 0.319 e. The van der Waals surface area contributed by atoms with Crippen LogP contribution in [0.2, 0.25) is 0 Å². The highest BCUT2D eigenvalue weighted by molar-refractivity contribution is 5.91. The number of benzene rings is 2. The molecule has 2 rings (SSSR count).